The molecule has 0 fully saturated rings. The molecule has 0 aliphatic heterocycles. The Morgan fingerprint density at radius 2 is 2.13 bits per heavy atom. The fraction of sp³-hybridized carbons (Fsp3) is 0. The van der Waals surface area contributed by atoms with Gasteiger partial charge in [0, 0.05) is 5.56 Å². The molecule has 0 spiro atoms. The van der Waals surface area contributed by atoms with Crippen molar-refractivity contribution in [2.24, 2.45) is 5.73 Å². The quantitative estimate of drug-likeness (QED) is 0.676. The summed E-state index contributed by atoms with van der Waals surface area (Å²) in [6.45, 7) is 0. The number of phenolic OH excluding ortho intramolecular Hbond substituents is 1. The number of hydrogen-bond acceptors (Lipinski definition) is 3. The molecule has 0 saturated carbocycles. The number of hydrogen-bond donors (Lipinski definition) is 3. The minimum absolute atomic E-state index is 0.111. The molecule has 2 rings (SSSR count). The van der Waals surface area contributed by atoms with Crippen molar-refractivity contribution >= 4 is 5.91 Å². The highest BCUT2D eigenvalue weighted by atomic mass is 16.3. The van der Waals surface area contributed by atoms with Crippen molar-refractivity contribution in [2.45, 2.75) is 0 Å². The molecular weight excluding hydrogens is 194 g/mol. The Hall–Kier alpha value is -2.30. The van der Waals surface area contributed by atoms with Crippen LogP contribution in [-0.4, -0.2) is 21.2 Å². The Morgan fingerprint density at radius 3 is 2.73 bits per heavy atom. The monoisotopic (exact) mass is 203 g/mol. The van der Waals surface area contributed by atoms with Crippen LogP contribution in [0.25, 0.3) is 11.3 Å². The number of amides is 1. The maximum absolute atomic E-state index is 10.8. The van der Waals surface area contributed by atoms with E-state index in [0.29, 0.717) is 11.3 Å². The van der Waals surface area contributed by atoms with Crippen LogP contribution in [0, 0.1) is 0 Å². The van der Waals surface area contributed by atoms with Crippen LogP contribution in [0.4, 0.5) is 0 Å². The number of aromatic nitrogens is 2. The van der Waals surface area contributed by atoms with Crippen molar-refractivity contribution in [1.82, 2.24) is 10.2 Å². The molecule has 15 heavy (non-hydrogen) atoms. The SMILES string of the molecule is NC(=O)c1cc(-c2ccccc2O)n[nH]1. The van der Waals surface area contributed by atoms with E-state index in [-0.39, 0.29) is 11.4 Å². The summed E-state index contributed by atoms with van der Waals surface area (Å²) < 4.78 is 0. The highest BCUT2D eigenvalue weighted by Crippen LogP contribution is 2.26. The molecule has 4 N–H and O–H groups in total. The molecule has 5 heteroatoms. The van der Waals surface area contributed by atoms with Gasteiger partial charge in [-0.1, -0.05) is 12.1 Å². The average Bonchev–Trinajstić information content (AvgIpc) is 2.67. The van der Waals surface area contributed by atoms with Crippen LogP contribution in [0.2, 0.25) is 0 Å². The number of nitrogens with one attached hydrogen (secondary N) is 1. The van der Waals surface area contributed by atoms with Gasteiger partial charge in [-0.25, -0.2) is 0 Å². The second-order valence-corrected chi connectivity index (χ2v) is 3.05. The zero-order valence-electron chi connectivity index (χ0n) is 7.77. The number of aromatic amines is 1. The lowest BCUT2D eigenvalue weighted by molar-refractivity contribution is 0.0995. The Labute approximate surface area is 85.5 Å². The van der Waals surface area contributed by atoms with E-state index in [9.17, 15) is 9.90 Å². The number of carbonyl (C=O) groups excluding carboxylic acids is 1. The lowest BCUT2D eigenvalue weighted by atomic mass is 10.1. The number of carbonyl (C=O) groups is 1. The lowest BCUT2D eigenvalue weighted by Crippen LogP contribution is -2.10. The first-order valence-electron chi connectivity index (χ1n) is 4.32. The molecular formula is C10H9N3O2. The van der Waals surface area contributed by atoms with Crippen molar-refractivity contribution in [3.8, 4) is 17.0 Å². The summed E-state index contributed by atoms with van der Waals surface area (Å²) in [4.78, 5) is 10.8. The summed E-state index contributed by atoms with van der Waals surface area (Å²) in [6, 6.07) is 8.23. The van der Waals surface area contributed by atoms with Crippen molar-refractivity contribution in [3.63, 3.8) is 0 Å². The third-order valence-electron chi connectivity index (χ3n) is 2.02. The number of phenols is 1. The van der Waals surface area contributed by atoms with Crippen molar-refractivity contribution in [3.05, 3.63) is 36.0 Å². The third-order valence-corrected chi connectivity index (χ3v) is 2.02. The van der Waals surface area contributed by atoms with Gasteiger partial charge in [-0.05, 0) is 18.2 Å². The van der Waals surface area contributed by atoms with E-state index in [1.807, 2.05) is 0 Å². The molecule has 76 valence electrons. The fourth-order valence-electron chi connectivity index (χ4n) is 1.28. The van der Waals surface area contributed by atoms with Crippen molar-refractivity contribution < 1.29 is 9.90 Å². The van der Waals surface area contributed by atoms with Gasteiger partial charge in [-0.2, -0.15) is 5.10 Å². The van der Waals surface area contributed by atoms with E-state index in [1.54, 1.807) is 24.3 Å². The standard InChI is InChI=1S/C10H9N3O2/c11-10(15)8-5-7(12-13-8)6-3-1-2-4-9(6)14/h1-5,14H,(H2,11,15)(H,12,13). The first kappa shape index (κ1) is 9.26. The molecule has 0 radical (unpaired) electrons. The van der Waals surface area contributed by atoms with E-state index in [1.165, 1.54) is 6.07 Å². The second kappa shape index (κ2) is 3.45. The van der Waals surface area contributed by atoms with Gasteiger partial charge in [0.2, 0.25) is 0 Å². The summed E-state index contributed by atoms with van der Waals surface area (Å²) in [5, 5.41) is 15.9. The molecule has 1 heterocycles. The summed E-state index contributed by atoms with van der Waals surface area (Å²) in [5.74, 6) is -0.468. The van der Waals surface area contributed by atoms with Crippen LogP contribution >= 0.6 is 0 Å². The summed E-state index contributed by atoms with van der Waals surface area (Å²) >= 11 is 0. The van der Waals surface area contributed by atoms with Crippen molar-refractivity contribution in [2.75, 3.05) is 0 Å². The number of nitrogens with zero attached hydrogens (tertiary/aromatic N) is 1. The molecule has 1 amide bonds. The predicted molar refractivity (Wildman–Crippen MR) is 54.2 cm³/mol. The summed E-state index contributed by atoms with van der Waals surface area (Å²) in [5.41, 5.74) is 6.33. The number of aromatic hydroxyl groups is 1. The van der Waals surface area contributed by atoms with Gasteiger partial charge < -0.3 is 10.8 Å². The van der Waals surface area contributed by atoms with E-state index in [0.717, 1.165) is 0 Å². The molecule has 0 atom stereocenters. The maximum Gasteiger partial charge on any atom is 0.266 e. The molecule has 0 saturated heterocycles. The fourth-order valence-corrected chi connectivity index (χ4v) is 1.28. The maximum atomic E-state index is 10.8. The molecule has 1 aromatic carbocycles. The number of rotatable bonds is 2. The highest BCUT2D eigenvalue weighted by molar-refractivity contribution is 5.92. The van der Waals surface area contributed by atoms with Gasteiger partial charge in [0.1, 0.15) is 11.4 Å². The Morgan fingerprint density at radius 1 is 1.40 bits per heavy atom. The van der Waals surface area contributed by atoms with Gasteiger partial charge >= 0.3 is 0 Å². The molecule has 0 bridgehead atoms. The molecule has 5 nitrogen and oxygen atoms in total. The molecule has 0 aliphatic rings. The molecule has 1 aromatic heterocycles. The molecule has 0 unspecified atom stereocenters. The number of benzene rings is 1. The zero-order chi connectivity index (χ0) is 10.8. The predicted octanol–water partition coefficient (Wildman–Crippen LogP) is 0.881. The van der Waals surface area contributed by atoms with E-state index >= 15 is 0 Å². The van der Waals surface area contributed by atoms with Gasteiger partial charge in [-0.15, -0.1) is 0 Å². The van der Waals surface area contributed by atoms with Gasteiger partial charge in [0.15, 0.2) is 0 Å². The van der Waals surface area contributed by atoms with E-state index in [4.69, 9.17) is 5.73 Å². The smallest absolute Gasteiger partial charge is 0.266 e. The second-order valence-electron chi connectivity index (χ2n) is 3.05. The first-order valence-corrected chi connectivity index (χ1v) is 4.32. The first-order chi connectivity index (χ1) is 7.18. The summed E-state index contributed by atoms with van der Waals surface area (Å²) in [6.07, 6.45) is 0. The minimum atomic E-state index is -0.579. The normalized spacial score (nSPS) is 10.1. The van der Waals surface area contributed by atoms with Crippen molar-refractivity contribution in [1.29, 1.82) is 0 Å². The van der Waals surface area contributed by atoms with Crippen LogP contribution in [0.3, 0.4) is 0 Å². The van der Waals surface area contributed by atoms with Gasteiger partial charge in [0.25, 0.3) is 5.91 Å². The average molecular weight is 203 g/mol. The third kappa shape index (κ3) is 1.67. The largest absolute Gasteiger partial charge is 0.507 e. The van der Waals surface area contributed by atoms with Gasteiger partial charge in [0.05, 0.1) is 5.69 Å². The van der Waals surface area contributed by atoms with Crippen LogP contribution in [-0.2, 0) is 0 Å². The molecule has 0 aliphatic carbocycles. The Bertz CT molecular complexity index is 505. The summed E-state index contributed by atoms with van der Waals surface area (Å²) in [7, 11) is 0. The number of H-pyrrole nitrogens is 1. The highest BCUT2D eigenvalue weighted by Gasteiger charge is 2.09. The van der Waals surface area contributed by atoms with Crippen LogP contribution in [0.1, 0.15) is 10.5 Å². The number of nitrogens with two attached hydrogens (primary N) is 1. The van der Waals surface area contributed by atoms with Crippen LogP contribution in [0.5, 0.6) is 5.75 Å². The lowest BCUT2D eigenvalue weighted by Gasteiger charge is -1.98. The number of para-hydroxylation sites is 1. The van der Waals surface area contributed by atoms with E-state index in [2.05, 4.69) is 10.2 Å². The van der Waals surface area contributed by atoms with E-state index < -0.39 is 5.91 Å². The number of primary amides is 1. The van der Waals surface area contributed by atoms with Crippen LogP contribution < -0.4 is 5.73 Å². The topological polar surface area (TPSA) is 92.0 Å². The Balaban J connectivity index is 2.46. The van der Waals surface area contributed by atoms with Crippen LogP contribution in [0.15, 0.2) is 30.3 Å². The van der Waals surface area contributed by atoms with Gasteiger partial charge in [-0.3, -0.25) is 9.89 Å². The zero-order valence-corrected chi connectivity index (χ0v) is 7.77. The molecule has 2 aromatic rings. The Kier molecular flexibility index (Phi) is 2.13. The minimum Gasteiger partial charge on any atom is -0.507 e.